The Morgan fingerprint density at radius 2 is 2.40 bits per heavy atom. The summed E-state index contributed by atoms with van der Waals surface area (Å²) in [6.07, 6.45) is -2.29. The van der Waals surface area contributed by atoms with Crippen molar-refractivity contribution in [1.82, 2.24) is 4.90 Å². The van der Waals surface area contributed by atoms with E-state index in [4.69, 9.17) is 14.6 Å². The first kappa shape index (κ1) is 12.2. The smallest absolute Gasteiger partial charge is 0.407 e. The maximum Gasteiger partial charge on any atom is 0.407 e. The first-order valence-electron chi connectivity index (χ1n) is 5.00. The first-order chi connectivity index (χ1) is 7.15. The van der Waals surface area contributed by atoms with Gasteiger partial charge in [-0.2, -0.15) is 0 Å². The Labute approximate surface area is 88.4 Å². The van der Waals surface area contributed by atoms with E-state index in [1.807, 2.05) is 6.92 Å². The van der Waals surface area contributed by atoms with E-state index >= 15 is 0 Å². The highest BCUT2D eigenvalue weighted by Crippen LogP contribution is 2.08. The number of ether oxygens (including phenoxy) is 2. The summed E-state index contributed by atoms with van der Waals surface area (Å²) in [7, 11) is 0. The Morgan fingerprint density at radius 3 is 3.00 bits per heavy atom. The minimum Gasteiger partial charge on any atom is -0.465 e. The standard InChI is InChI=1S/C9H17NO5/c1-2-14-6-8-7(11)5-10(9(12)13)3-4-15-8/h7-8,11H,2-6H2,1H3,(H,12,13)/t7-,8+/m0/s1. The largest absolute Gasteiger partial charge is 0.465 e. The van der Waals surface area contributed by atoms with E-state index in [-0.39, 0.29) is 13.1 Å². The van der Waals surface area contributed by atoms with E-state index in [2.05, 4.69) is 0 Å². The van der Waals surface area contributed by atoms with E-state index in [9.17, 15) is 9.90 Å². The molecule has 6 heteroatoms. The summed E-state index contributed by atoms with van der Waals surface area (Å²) in [4.78, 5) is 11.9. The molecule has 1 saturated heterocycles. The van der Waals surface area contributed by atoms with E-state index in [1.165, 1.54) is 0 Å². The maximum absolute atomic E-state index is 10.7. The topological polar surface area (TPSA) is 79.2 Å². The van der Waals surface area contributed by atoms with Gasteiger partial charge in [0, 0.05) is 13.2 Å². The zero-order valence-electron chi connectivity index (χ0n) is 8.76. The van der Waals surface area contributed by atoms with Crippen molar-refractivity contribution in [3.05, 3.63) is 0 Å². The summed E-state index contributed by atoms with van der Waals surface area (Å²) in [5.74, 6) is 0. The van der Waals surface area contributed by atoms with Crippen LogP contribution in [0.5, 0.6) is 0 Å². The number of carbonyl (C=O) groups is 1. The van der Waals surface area contributed by atoms with Crippen LogP contribution in [0.25, 0.3) is 0 Å². The van der Waals surface area contributed by atoms with Gasteiger partial charge in [-0.15, -0.1) is 0 Å². The fourth-order valence-electron chi connectivity index (χ4n) is 1.43. The molecule has 6 nitrogen and oxygen atoms in total. The van der Waals surface area contributed by atoms with Crippen molar-refractivity contribution in [2.24, 2.45) is 0 Å². The van der Waals surface area contributed by atoms with Crippen molar-refractivity contribution in [3.63, 3.8) is 0 Å². The number of carboxylic acid groups (broad SMARTS) is 1. The molecule has 1 fully saturated rings. The number of aliphatic hydroxyl groups is 1. The molecule has 0 bridgehead atoms. The van der Waals surface area contributed by atoms with E-state index in [0.29, 0.717) is 19.8 Å². The molecule has 0 radical (unpaired) electrons. The summed E-state index contributed by atoms with van der Waals surface area (Å²) < 4.78 is 10.5. The summed E-state index contributed by atoms with van der Waals surface area (Å²) in [6.45, 7) is 3.36. The van der Waals surface area contributed by atoms with E-state index in [1.54, 1.807) is 0 Å². The van der Waals surface area contributed by atoms with Crippen LogP contribution < -0.4 is 0 Å². The van der Waals surface area contributed by atoms with Gasteiger partial charge in [-0.3, -0.25) is 0 Å². The van der Waals surface area contributed by atoms with Crippen LogP contribution in [0.3, 0.4) is 0 Å². The van der Waals surface area contributed by atoms with Gasteiger partial charge in [-0.1, -0.05) is 0 Å². The quantitative estimate of drug-likeness (QED) is 0.685. The Bertz CT molecular complexity index is 211. The summed E-state index contributed by atoms with van der Waals surface area (Å²) in [6, 6.07) is 0. The highest BCUT2D eigenvalue weighted by atomic mass is 16.5. The van der Waals surface area contributed by atoms with Crippen LogP contribution in [-0.2, 0) is 9.47 Å². The molecule has 1 aliphatic rings. The third-order valence-electron chi connectivity index (χ3n) is 2.29. The molecule has 0 aromatic rings. The molecular formula is C9H17NO5. The molecule has 0 aliphatic carbocycles. The second-order valence-corrected chi connectivity index (χ2v) is 3.36. The molecule has 0 unspecified atom stereocenters. The SMILES string of the molecule is CCOC[C@H]1OCCN(C(=O)O)C[C@@H]1O. The van der Waals surface area contributed by atoms with Crippen LogP contribution in [0.2, 0.25) is 0 Å². The number of nitrogens with zero attached hydrogens (tertiary/aromatic N) is 1. The van der Waals surface area contributed by atoms with Crippen molar-refractivity contribution in [2.45, 2.75) is 19.1 Å². The molecule has 2 atom stereocenters. The fraction of sp³-hybridized carbons (Fsp3) is 0.889. The lowest BCUT2D eigenvalue weighted by Crippen LogP contribution is -2.40. The summed E-state index contributed by atoms with van der Waals surface area (Å²) in [5, 5.41) is 18.5. The Kier molecular flexibility index (Phi) is 4.80. The van der Waals surface area contributed by atoms with Crippen LogP contribution in [-0.4, -0.2) is 66.3 Å². The minimum atomic E-state index is -1.03. The van der Waals surface area contributed by atoms with Gasteiger partial charge < -0.3 is 24.6 Å². The van der Waals surface area contributed by atoms with Gasteiger partial charge >= 0.3 is 6.09 Å². The molecule has 88 valence electrons. The molecule has 15 heavy (non-hydrogen) atoms. The first-order valence-corrected chi connectivity index (χ1v) is 5.00. The number of hydrogen-bond acceptors (Lipinski definition) is 4. The number of amides is 1. The zero-order chi connectivity index (χ0) is 11.3. The third-order valence-corrected chi connectivity index (χ3v) is 2.29. The predicted octanol–water partition coefficient (Wildman–Crippen LogP) is -0.237. The van der Waals surface area contributed by atoms with E-state index < -0.39 is 18.3 Å². The molecule has 0 saturated carbocycles. The Hall–Kier alpha value is -0.850. The number of hydrogen-bond donors (Lipinski definition) is 2. The second kappa shape index (κ2) is 5.89. The molecular weight excluding hydrogens is 202 g/mol. The molecule has 0 aromatic carbocycles. The van der Waals surface area contributed by atoms with Gasteiger partial charge in [0.05, 0.1) is 19.8 Å². The monoisotopic (exact) mass is 219 g/mol. The predicted molar refractivity (Wildman–Crippen MR) is 51.8 cm³/mol. The number of β-amino-alcohol motifs (C(OH)–C–C–N with tert-alkyl or cyclic N) is 1. The Balaban J connectivity index is 2.46. The molecule has 1 aliphatic heterocycles. The van der Waals surface area contributed by atoms with Crippen LogP contribution in [0.15, 0.2) is 0 Å². The normalized spacial score (nSPS) is 27.5. The summed E-state index contributed by atoms with van der Waals surface area (Å²) in [5.41, 5.74) is 0. The van der Waals surface area contributed by atoms with Gasteiger partial charge in [-0.25, -0.2) is 4.79 Å². The number of aliphatic hydroxyl groups excluding tert-OH is 1. The minimum absolute atomic E-state index is 0.0765. The highest BCUT2D eigenvalue weighted by Gasteiger charge is 2.28. The van der Waals surface area contributed by atoms with Gasteiger partial charge in [-0.05, 0) is 6.92 Å². The van der Waals surface area contributed by atoms with Crippen LogP contribution in [0.1, 0.15) is 6.92 Å². The van der Waals surface area contributed by atoms with Gasteiger partial charge in [0.15, 0.2) is 0 Å². The molecule has 1 heterocycles. The van der Waals surface area contributed by atoms with Gasteiger partial charge in [0.2, 0.25) is 0 Å². The van der Waals surface area contributed by atoms with E-state index in [0.717, 1.165) is 4.90 Å². The lowest BCUT2D eigenvalue weighted by Gasteiger charge is -2.21. The lowest BCUT2D eigenvalue weighted by atomic mass is 10.2. The van der Waals surface area contributed by atoms with Crippen molar-refractivity contribution in [2.75, 3.05) is 32.9 Å². The van der Waals surface area contributed by atoms with Gasteiger partial charge in [0.25, 0.3) is 0 Å². The lowest BCUT2D eigenvalue weighted by molar-refractivity contribution is -0.0641. The highest BCUT2D eigenvalue weighted by molar-refractivity contribution is 5.65. The molecule has 1 rings (SSSR count). The second-order valence-electron chi connectivity index (χ2n) is 3.36. The van der Waals surface area contributed by atoms with Crippen molar-refractivity contribution in [1.29, 1.82) is 0 Å². The average molecular weight is 219 g/mol. The van der Waals surface area contributed by atoms with Gasteiger partial charge in [0.1, 0.15) is 12.2 Å². The third kappa shape index (κ3) is 3.65. The van der Waals surface area contributed by atoms with Crippen molar-refractivity contribution in [3.8, 4) is 0 Å². The van der Waals surface area contributed by atoms with Crippen molar-refractivity contribution >= 4 is 6.09 Å². The molecule has 0 aromatic heterocycles. The fourth-order valence-corrected chi connectivity index (χ4v) is 1.43. The number of rotatable bonds is 3. The molecule has 0 spiro atoms. The zero-order valence-corrected chi connectivity index (χ0v) is 8.76. The van der Waals surface area contributed by atoms with Crippen LogP contribution in [0, 0.1) is 0 Å². The van der Waals surface area contributed by atoms with Crippen molar-refractivity contribution < 1.29 is 24.5 Å². The molecule has 2 N–H and O–H groups in total. The Morgan fingerprint density at radius 1 is 1.67 bits per heavy atom. The average Bonchev–Trinajstić information content (AvgIpc) is 2.37. The van der Waals surface area contributed by atoms with Crippen LogP contribution in [0.4, 0.5) is 4.79 Å². The van der Waals surface area contributed by atoms with Crippen LogP contribution >= 0.6 is 0 Å². The molecule has 1 amide bonds. The maximum atomic E-state index is 10.7. The summed E-state index contributed by atoms with van der Waals surface area (Å²) >= 11 is 0.